The number of hydrogen-bond acceptors (Lipinski definition) is 5. The van der Waals surface area contributed by atoms with Gasteiger partial charge in [-0.3, -0.25) is 0 Å². The number of primary sulfonamides is 2. The van der Waals surface area contributed by atoms with Crippen LogP contribution in [0.4, 0.5) is 0 Å². The first-order valence-corrected chi connectivity index (χ1v) is 13.2. The van der Waals surface area contributed by atoms with Gasteiger partial charge in [-0.1, -0.05) is 30.3 Å². The predicted octanol–water partition coefficient (Wildman–Crippen LogP) is 1.87. The fraction of sp³-hybridized carbons (Fsp3) is 0.429. The van der Waals surface area contributed by atoms with Crippen molar-refractivity contribution in [2.75, 3.05) is 19.6 Å². The molecule has 0 atom stereocenters. The zero-order chi connectivity index (χ0) is 21.8. The van der Waals surface area contributed by atoms with Crippen molar-refractivity contribution in [2.45, 2.75) is 41.9 Å². The standard InChI is InChI=1S/C21H29N3O4S2/c22-29(25,26)20-8-9-21(30(23,27)28)19(16-20)15-18-10-13-24(14-11-18)12-4-7-17-5-2-1-3-6-17/h1-3,5-6,8-9,16,18H,4,7,10-15H2,(H2,22,25,26)(H2,23,27,28). The SMILES string of the molecule is NS(=O)(=O)c1ccc(S(N)(=O)=O)c(CC2CCN(CCCc3ccccc3)CC2)c1. The van der Waals surface area contributed by atoms with Gasteiger partial charge in [0.25, 0.3) is 0 Å². The molecule has 1 aliphatic rings. The van der Waals surface area contributed by atoms with Crippen LogP contribution in [-0.2, 0) is 32.9 Å². The Morgan fingerprint density at radius 2 is 1.57 bits per heavy atom. The topological polar surface area (TPSA) is 124 Å². The molecule has 0 amide bonds. The molecule has 1 aliphatic heterocycles. The van der Waals surface area contributed by atoms with Gasteiger partial charge in [0.05, 0.1) is 9.79 Å². The number of nitrogens with two attached hydrogens (primary N) is 2. The molecule has 0 saturated carbocycles. The Hall–Kier alpha value is -1.78. The molecular weight excluding hydrogens is 422 g/mol. The molecule has 2 aromatic rings. The van der Waals surface area contributed by atoms with E-state index in [0.29, 0.717) is 12.0 Å². The Morgan fingerprint density at radius 1 is 0.900 bits per heavy atom. The molecule has 0 spiro atoms. The molecule has 0 aliphatic carbocycles. The summed E-state index contributed by atoms with van der Waals surface area (Å²) >= 11 is 0. The van der Waals surface area contributed by atoms with Crippen molar-refractivity contribution in [1.29, 1.82) is 0 Å². The van der Waals surface area contributed by atoms with Crippen LogP contribution >= 0.6 is 0 Å². The largest absolute Gasteiger partial charge is 0.303 e. The highest BCUT2D eigenvalue weighted by Gasteiger charge is 2.24. The van der Waals surface area contributed by atoms with Crippen LogP contribution < -0.4 is 10.3 Å². The van der Waals surface area contributed by atoms with Crippen molar-refractivity contribution in [2.24, 2.45) is 16.2 Å². The number of benzene rings is 2. The fourth-order valence-corrected chi connectivity index (χ4v) is 5.38. The normalized spacial score (nSPS) is 16.6. The van der Waals surface area contributed by atoms with E-state index in [1.165, 1.54) is 23.8 Å². The summed E-state index contributed by atoms with van der Waals surface area (Å²) in [6.45, 7) is 2.92. The Kier molecular flexibility index (Phi) is 7.30. The zero-order valence-corrected chi connectivity index (χ0v) is 18.5. The van der Waals surface area contributed by atoms with Crippen LogP contribution in [0.1, 0.15) is 30.4 Å². The molecule has 0 bridgehead atoms. The van der Waals surface area contributed by atoms with Crippen molar-refractivity contribution < 1.29 is 16.8 Å². The molecule has 30 heavy (non-hydrogen) atoms. The lowest BCUT2D eigenvalue weighted by Crippen LogP contribution is -2.35. The summed E-state index contributed by atoms with van der Waals surface area (Å²) < 4.78 is 47.2. The lowest BCUT2D eigenvalue weighted by atomic mass is 9.90. The maximum atomic E-state index is 11.9. The van der Waals surface area contributed by atoms with Crippen LogP contribution in [0.2, 0.25) is 0 Å². The van der Waals surface area contributed by atoms with Crippen molar-refractivity contribution in [3.63, 3.8) is 0 Å². The first-order chi connectivity index (χ1) is 14.1. The van der Waals surface area contributed by atoms with Crippen LogP contribution in [0.5, 0.6) is 0 Å². The summed E-state index contributed by atoms with van der Waals surface area (Å²) in [6, 6.07) is 14.2. The third-order valence-electron chi connectivity index (χ3n) is 5.67. The number of nitrogens with zero attached hydrogens (tertiary/aromatic N) is 1. The van der Waals surface area contributed by atoms with E-state index in [2.05, 4.69) is 29.2 Å². The number of piperidine rings is 1. The second-order valence-electron chi connectivity index (χ2n) is 7.94. The second-order valence-corrected chi connectivity index (χ2v) is 11.0. The lowest BCUT2D eigenvalue weighted by molar-refractivity contribution is 0.182. The first-order valence-electron chi connectivity index (χ1n) is 10.1. The highest BCUT2D eigenvalue weighted by Crippen LogP contribution is 2.27. The van der Waals surface area contributed by atoms with E-state index in [4.69, 9.17) is 10.3 Å². The monoisotopic (exact) mass is 451 g/mol. The Labute approximate surface area is 179 Å². The minimum absolute atomic E-state index is 0.0276. The fourth-order valence-electron chi connectivity index (χ4n) is 4.05. The molecule has 1 heterocycles. The zero-order valence-electron chi connectivity index (χ0n) is 16.9. The van der Waals surface area contributed by atoms with E-state index in [1.54, 1.807) is 0 Å². The van der Waals surface area contributed by atoms with Crippen LogP contribution in [0, 0.1) is 5.92 Å². The molecule has 2 aromatic carbocycles. The third kappa shape index (κ3) is 6.36. The summed E-state index contributed by atoms with van der Waals surface area (Å²) in [5, 5.41) is 10.5. The molecular formula is C21H29N3O4S2. The summed E-state index contributed by atoms with van der Waals surface area (Å²) in [6.07, 6.45) is 4.47. The molecule has 9 heteroatoms. The second kappa shape index (κ2) is 9.57. The third-order valence-corrected chi connectivity index (χ3v) is 7.59. The Morgan fingerprint density at radius 3 is 2.17 bits per heavy atom. The smallest absolute Gasteiger partial charge is 0.238 e. The molecule has 164 valence electrons. The van der Waals surface area contributed by atoms with Gasteiger partial charge in [-0.2, -0.15) is 0 Å². The van der Waals surface area contributed by atoms with E-state index in [1.807, 2.05) is 6.07 Å². The molecule has 0 aromatic heterocycles. The Balaban J connectivity index is 1.59. The van der Waals surface area contributed by atoms with Gasteiger partial charge < -0.3 is 4.90 Å². The van der Waals surface area contributed by atoms with Crippen LogP contribution in [-0.4, -0.2) is 41.4 Å². The molecule has 0 radical (unpaired) electrons. The lowest BCUT2D eigenvalue weighted by Gasteiger charge is -2.32. The molecule has 4 N–H and O–H groups in total. The average molecular weight is 452 g/mol. The van der Waals surface area contributed by atoms with Gasteiger partial charge in [-0.25, -0.2) is 27.1 Å². The number of sulfonamides is 2. The number of likely N-dealkylation sites (tertiary alicyclic amines) is 1. The van der Waals surface area contributed by atoms with Crippen molar-refractivity contribution >= 4 is 20.0 Å². The van der Waals surface area contributed by atoms with Crippen molar-refractivity contribution in [1.82, 2.24) is 4.90 Å². The van der Waals surface area contributed by atoms with Crippen molar-refractivity contribution in [3.05, 3.63) is 59.7 Å². The van der Waals surface area contributed by atoms with Crippen molar-refractivity contribution in [3.8, 4) is 0 Å². The summed E-state index contributed by atoms with van der Waals surface area (Å²) in [5.74, 6) is 0.270. The molecule has 3 rings (SSSR count). The summed E-state index contributed by atoms with van der Waals surface area (Å²) in [7, 11) is -7.86. The predicted molar refractivity (Wildman–Crippen MR) is 117 cm³/mol. The van der Waals surface area contributed by atoms with Gasteiger partial charge in [0, 0.05) is 0 Å². The highest BCUT2D eigenvalue weighted by molar-refractivity contribution is 7.89. The van der Waals surface area contributed by atoms with Gasteiger partial charge in [-0.05, 0) is 87.0 Å². The maximum absolute atomic E-state index is 11.9. The van der Waals surface area contributed by atoms with E-state index >= 15 is 0 Å². The van der Waals surface area contributed by atoms with Gasteiger partial charge in [0.1, 0.15) is 0 Å². The minimum atomic E-state index is -3.94. The van der Waals surface area contributed by atoms with Gasteiger partial charge in [-0.15, -0.1) is 0 Å². The highest BCUT2D eigenvalue weighted by atomic mass is 32.2. The first kappa shape index (κ1) is 22.9. The van der Waals surface area contributed by atoms with E-state index in [0.717, 1.165) is 45.3 Å². The molecule has 7 nitrogen and oxygen atoms in total. The van der Waals surface area contributed by atoms with E-state index in [9.17, 15) is 16.8 Å². The van der Waals surface area contributed by atoms with E-state index in [-0.39, 0.29) is 15.7 Å². The summed E-state index contributed by atoms with van der Waals surface area (Å²) in [4.78, 5) is 2.31. The maximum Gasteiger partial charge on any atom is 0.238 e. The van der Waals surface area contributed by atoms with Gasteiger partial charge in [0.2, 0.25) is 20.0 Å². The number of hydrogen-bond donors (Lipinski definition) is 2. The van der Waals surface area contributed by atoms with Gasteiger partial charge in [0.15, 0.2) is 0 Å². The molecule has 0 unspecified atom stereocenters. The minimum Gasteiger partial charge on any atom is -0.303 e. The van der Waals surface area contributed by atoms with Gasteiger partial charge >= 0.3 is 0 Å². The van der Waals surface area contributed by atoms with Crippen LogP contribution in [0.3, 0.4) is 0 Å². The number of aryl methyl sites for hydroxylation is 1. The average Bonchev–Trinajstić information content (AvgIpc) is 2.68. The molecule has 1 saturated heterocycles. The van der Waals surface area contributed by atoms with E-state index < -0.39 is 20.0 Å². The Bertz CT molecular complexity index is 1060. The van der Waals surface area contributed by atoms with Crippen LogP contribution in [0.25, 0.3) is 0 Å². The number of rotatable bonds is 8. The quantitative estimate of drug-likeness (QED) is 0.634. The summed E-state index contributed by atoms with van der Waals surface area (Å²) in [5.41, 5.74) is 1.77. The molecule has 1 fully saturated rings. The van der Waals surface area contributed by atoms with Crippen LogP contribution in [0.15, 0.2) is 58.3 Å².